The van der Waals surface area contributed by atoms with Gasteiger partial charge in [-0.1, -0.05) is 24.3 Å². The maximum Gasteiger partial charge on any atom is 0.335 e. The van der Waals surface area contributed by atoms with Crippen molar-refractivity contribution >= 4 is 52.8 Å². The number of carbonyl (C=O) groups is 7. The minimum absolute atomic E-state index is 0.271. The number of thioether (sulfide) groups is 1. The fraction of sp³-hybridized carbons (Fsp3) is 0.525. The summed E-state index contributed by atoms with van der Waals surface area (Å²) in [5.41, 5.74) is -8.21. The highest BCUT2D eigenvalue weighted by Gasteiger charge is 2.78. The molecular weight excluding hydrogens is 832 g/mol. The minimum Gasteiger partial charge on any atom is -0.507 e. The number of carboxylic acids is 1. The average Bonchev–Trinajstić information content (AvgIpc) is 3.22. The quantitative estimate of drug-likeness (QED) is 0.153. The number of rotatable bonds is 9. The molecule has 3 fully saturated rings. The predicted molar refractivity (Wildman–Crippen MR) is 201 cm³/mol. The monoisotopic (exact) mass is 874 g/mol. The number of aromatic hydroxyl groups is 1. The number of ketones is 4. The summed E-state index contributed by atoms with van der Waals surface area (Å²) in [7, 11) is 2.17. The number of carbonyl (C=O) groups excluding carboxylic acids is 6. The zero-order valence-electron chi connectivity index (χ0n) is 32.8. The molecule has 0 bridgehead atoms. The van der Waals surface area contributed by atoms with Crippen molar-refractivity contribution in [2.75, 3.05) is 14.2 Å². The first-order chi connectivity index (χ1) is 28.6. The predicted octanol–water partition coefficient (Wildman–Crippen LogP) is -0.725. The van der Waals surface area contributed by atoms with Crippen molar-refractivity contribution in [3.05, 3.63) is 58.7 Å². The highest BCUT2D eigenvalue weighted by Crippen LogP contribution is 2.64. The van der Waals surface area contributed by atoms with Crippen LogP contribution in [0.5, 0.6) is 11.5 Å². The van der Waals surface area contributed by atoms with Crippen LogP contribution in [0.1, 0.15) is 81.0 Å². The van der Waals surface area contributed by atoms with Gasteiger partial charge in [0.2, 0.25) is 17.9 Å². The summed E-state index contributed by atoms with van der Waals surface area (Å²) in [6, 6.07) is 7.02. The number of aliphatic carboxylic acids is 1. The maximum absolute atomic E-state index is 15.6. The number of aliphatic hydroxyl groups excluding tert-OH is 3. The summed E-state index contributed by atoms with van der Waals surface area (Å²) >= 11 is 0.271. The molecule has 0 unspecified atom stereocenters. The lowest BCUT2D eigenvalue weighted by molar-refractivity contribution is -0.271. The van der Waals surface area contributed by atoms with E-state index in [9.17, 15) is 54.9 Å². The first-order valence-electron chi connectivity index (χ1n) is 19.0. The molecule has 0 radical (unpaired) electrons. The van der Waals surface area contributed by atoms with Crippen LogP contribution in [0.15, 0.2) is 36.4 Å². The van der Waals surface area contributed by atoms with E-state index in [2.05, 4.69) is 0 Å². The van der Waals surface area contributed by atoms with Crippen LogP contribution >= 0.6 is 11.8 Å². The molecule has 7 N–H and O–H groups in total. The van der Waals surface area contributed by atoms with Gasteiger partial charge in [0.25, 0.3) is 0 Å². The van der Waals surface area contributed by atoms with Gasteiger partial charge >= 0.3 is 17.9 Å². The third kappa shape index (κ3) is 6.31. The lowest BCUT2D eigenvalue weighted by Crippen LogP contribution is -2.79. The molecule has 2 aromatic carbocycles. The SMILES string of the molecule is COC(=O)C[C@H]1C[C@@]2(S[C@@]34C[C@H](CC(=O)OC)O[C@@H](C)[C@@]3(O)C(=O)c3c(O[C@H]5O[C@@H](C(=O)O)[C@H](O)[C@@H](O)[C@@H]5O)cccc3C4=O)C(=O)c3cccc(O)c3C(=O)[C@]2(O)[C@H](C)O1. The van der Waals surface area contributed by atoms with Gasteiger partial charge < -0.3 is 64.2 Å². The molecule has 5 aliphatic rings. The maximum atomic E-state index is 15.6. The second-order valence-corrected chi connectivity index (χ2v) is 17.2. The molecule has 3 heterocycles. The molecule has 0 aromatic heterocycles. The van der Waals surface area contributed by atoms with Gasteiger partial charge in [-0.3, -0.25) is 28.8 Å². The van der Waals surface area contributed by atoms with Crippen molar-refractivity contribution in [2.45, 2.75) is 115 Å². The van der Waals surface area contributed by atoms with E-state index in [-0.39, 0.29) is 11.8 Å². The second kappa shape index (κ2) is 15.5. The number of ether oxygens (including phenoxy) is 6. The molecule has 0 saturated carbocycles. The largest absolute Gasteiger partial charge is 0.507 e. The van der Waals surface area contributed by atoms with Crippen LogP contribution in [-0.2, 0) is 38.1 Å². The van der Waals surface area contributed by atoms with Crippen LogP contribution in [0, 0.1) is 0 Å². The Bertz CT molecular complexity index is 2230. The third-order valence-electron chi connectivity index (χ3n) is 12.3. The van der Waals surface area contributed by atoms with Crippen LogP contribution in [0.3, 0.4) is 0 Å². The molecular formula is C40H42O20S. The molecule has 328 valence electrons. The first-order valence-corrected chi connectivity index (χ1v) is 19.8. The number of methoxy groups -OCH3 is 2. The van der Waals surface area contributed by atoms with Gasteiger partial charge in [0.1, 0.15) is 39.3 Å². The first kappa shape index (κ1) is 44.2. The molecule has 7 rings (SSSR count). The molecule has 2 aromatic rings. The van der Waals surface area contributed by atoms with Crippen LogP contribution in [0.4, 0.5) is 0 Å². The van der Waals surface area contributed by atoms with E-state index >= 15 is 14.4 Å². The Morgan fingerprint density at radius 1 is 0.705 bits per heavy atom. The number of phenolic OH excluding ortho intramolecular Hbond substituents is 1. The highest BCUT2D eigenvalue weighted by molar-refractivity contribution is 8.03. The topological polar surface area (TPSA) is 316 Å². The van der Waals surface area contributed by atoms with Gasteiger partial charge in [0.05, 0.1) is 62.6 Å². The number of aliphatic hydroxyl groups is 5. The summed E-state index contributed by atoms with van der Waals surface area (Å²) in [6.45, 7) is 2.42. The van der Waals surface area contributed by atoms with Crippen LogP contribution < -0.4 is 4.74 Å². The Morgan fingerprint density at radius 3 is 1.67 bits per heavy atom. The van der Waals surface area contributed by atoms with Gasteiger partial charge in [-0.2, -0.15) is 0 Å². The number of fused-ring (bicyclic) bond motifs is 4. The van der Waals surface area contributed by atoms with E-state index in [4.69, 9.17) is 28.4 Å². The number of hydrogen-bond acceptors (Lipinski definition) is 20. The van der Waals surface area contributed by atoms with E-state index < -0.39 is 176 Å². The van der Waals surface area contributed by atoms with Gasteiger partial charge in [-0.25, -0.2) is 4.79 Å². The van der Waals surface area contributed by atoms with Gasteiger partial charge in [0, 0.05) is 11.1 Å². The summed E-state index contributed by atoms with van der Waals surface area (Å²) in [6.07, 6.45) is -19.2. The van der Waals surface area contributed by atoms with Gasteiger partial charge in [-0.05, 0) is 38.8 Å². The molecule has 0 amide bonds. The Hall–Kier alpha value is -4.84. The summed E-state index contributed by atoms with van der Waals surface area (Å²) in [4.78, 5) is 98.1. The molecule has 3 saturated heterocycles. The number of benzene rings is 2. The highest BCUT2D eigenvalue weighted by atomic mass is 32.2. The summed E-state index contributed by atoms with van der Waals surface area (Å²) < 4.78 is 27.4. The molecule has 20 nitrogen and oxygen atoms in total. The van der Waals surface area contributed by atoms with E-state index in [0.717, 1.165) is 32.4 Å². The summed E-state index contributed by atoms with van der Waals surface area (Å²) in [5.74, 6) is -9.35. The number of Topliss-reactive ketones (excluding diaryl/α,β-unsaturated/α-hetero) is 4. The lowest BCUT2D eigenvalue weighted by Gasteiger charge is -2.61. The van der Waals surface area contributed by atoms with Crippen molar-refractivity contribution < 1.29 is 97.7 Å². The van der Waals surface area contributed by atoms with Crippen molar-refractivity contribution in [1.82, 2.24) is 0 Å². The lowest BCUT2D eigenvalue weighted by atomic mass is 9.63. The number of phenols is 1. The van der Waals surface area contributed by atoms with Crippen LogP contribution in [0.2, 0.25) is 0 Å². The van der Waals surface area contributed by atoms with Gasteiger partial charge in [0.15, 0.2) is 28.9 Å². The second-order valence-electron chi connectivity index (χ2n) is 15.6. The molecule has 61 heavy (non-hydrogen) atoms. The van der Waals surface area contributed by atoms with Crippen LogP contribution in [0.25, 0.3) is 0 Å². The van der Waals surface area contributed by atoms with E-state index in [0.29, 0.717) is 0 Å². The smallest absolute Gasteiger partial charge is 0.335 e. The van der Waals surface area contributed by atoms with E-state index in [1.807, 2.05) is 0 Å². The minimum atomic E-state index is -3.10. The Balaban J connectivity index is 1.45. The van der Waals surface area contributed by atoms with Crippen molar-refractivity contribution in [3.8, 4) is 11.5 Å². The molecule has 0 spiro atoms. The zero-order chi connectivity index (χ0) is 44.7. The summed E-state index contributed by atoms with van der Waals surface area (Å²) in [5, 5.41) is 77.9. The molecule has 2 aliphatic carbocycles. The van der Waals surface area contributed by atoms with Crippen molar-refractivity contribution in [1.29, 1.82) is 0 Å². The number of carboxylic acid groups (broad SMARTS) is 1. The Labute approximate surface area is 349 Å². The third-order valence-corrected chi connectivity index (χ3v) is 14.3. The molecule has 3 aliphatic heterocycles. The Morgan fingerprint density at radius 2 is 1.18 bits per heavy atom. The zero-order valence-corrected chi connectivity index (χ0v) is 33.7. The molecule has 21 heteroatoms. The average molecular weight is 875 g/mol. The standard InChI is InChI=1S/C40H42O20S/c1-15-39(53)33(49)25-19(7-5-9-21(25)41)31(47)37(39,13-17(57-15)11-23(42)55-3)61-38-14-18(12-24(43)56-4)58-16(2)40(38,54)34(50)26-20(32(38)48)8-6-10-22(26)59-36-29(46)27(44)28(45)30(60-36)35(51)52/h5-10,15-18,27-30,36,41,44-46,53-54H,11-14H2,1-4H3,(H,51,52)/t15-,16-,17-,18-,27+,28+,29-,30+,36-,37+,38+,39+,40+/m0/s1. The Kier molecular flexibility index (Phi) is 11.2. The van der Waals surface area contributed by atoms with Crippen molar-refractivity contribution in [2.24, 2.45) is 0 Å². The van der Waals surface area contributed by atoms with Crippen LogP contribution in [-0.4, -0.2) is 167 Å². The van der Waals surface area contributed by atoms with Gasteiger partial charge in [-0.15, -0.1) is 11.8 Å². The van der Waals surface area contributed by atoms with E-state index in [1.165, 1.54) is 32.0 Å². The number of hydrogen-bond donors (Lipinski definition) is 7. The van der Waals surface area contributed by atoms with Crippen molar-refractivity contribution in [3.63, 3.8) is 0 Å². The number of esters is 2. The fourth-order valence-corrected chi connectivity index (χ4v) is 11.6. The fourth-order valence-electron chi connectivity index (χ4n) is 9.27. The molecule has 13 atom stereocenters. The van der Waals surface area contributed by atoms with E-state index in [1.54, 1.807) is 0 Å². The normalized spacial score (nSPS) is 38.0.